The van der Waals surface area contributed by atoms with E-state index in [4.69, 9.17) is 0 Å². The summed E-state index contributed by atoms with van der Waals surface area (Å²) in [6, 6.07) is 15.3. The number of nitrogens with one attached hydrogen (secondary N) is 1. The standard InChI is InChI=1S/C19H23N3S/c1-14(2)11-22(12-15-4-7-17(23-3)8-5-15)16-6-9-18-19(10-16)21-13-20-18/h4-10,13-14H,11-12H2,1-3H3,(H,20,21). The van der Waals surface area contributed by atoms with E-state index in [1.807, 2.05) is 0 Å². The van der Waals surface area contributed by atoms with Crippen LogP contribution in [0.15, 0.2) is 53.7 Å². The third kappa shape index (κ3) is 3.88. The molecule has 0 aliphatic carbocycles. The van der Waals surface area contributed by atoms with Gasteiger partial charge in [-0.2, -0.15) is 0 Å². The molecule has 0 amide bonds. The molecule has 3 aromatic rings. The van der Waals surface area contributed by atoms with Crippen LogP contribution in [0, 0.1) is 5.92 Å². The second-order valence-electron chi connectivity index (χ2n) is 6.23. The lowest BCUT2D eigenvalue weighted by molar-refractivity contribution is 0.609. The first-order valence-electron chi connectivity index (χ1n) is 7.96. The molecule has 3 nitrogen and oxygen atoms in total. The molecule has 0 fully saturated rings. The molecule has 4 heteroatoms. The molecule has 1 aromatic heterocycles. The second-order valence-corrected chi connectivity index (χ2v) is 7.11. The molecule has 0 radical (unpaired) electrons. The minimum Gasteiger partial charge on any atom is -0.367 e. The highest BCUT2D eigenvalue weighted by Crippen LogP contribution is 2.23. The summed E-state index contributed by atoms with van der Waals surface area (Å²) in [4.78, 5) is 11.3. The lowest BCUT2D eigenvalue weighted by atomic mass is 10.1. The van der Waals surface area contributed by atoms with Gasteiger partial charge in [-0.25, -0.2) is 4.98 Å². The average molecular weight is 325 g/mol. The van der Waals surface area contributed by atoms with Crippen LogP contribution >= 0.6 is 11.8 Å². The maximum Gasteiger partial charge on any atom is 0.0931 e. The van der Waals surface area contributed by atoms with Crippen molar-refractivity contribution in [3.8, 4) is 0 Å². The number of H-pyrrole nitrogens is 1. The fourth-order valence-electron chi connectivity index (χ4n) is 2.77. The van der Waals surface area contributed by atoms with Gasteiger partial charge in [-0.15, -0.1) is 11.8 Å². The molecule has 120 valence electrons. The molecular formula is C19H23N3S. The Labute approximate surface area is 142 Å². The highest BCUT2D eigenvalue weighted by atomic mass is 32.2. The summed E-state index contributed by atoms with van der Waals surface area (Å²) in [5, 5.41) is 0. The monoisotopic (exact) mass is 325 g/mol. The number of imidazole rings is 1. The van der Waals surface area contributed by atoms with E-state index < -0.39 is 0 Å². The minimum atomic E-state index is 0.607. The van der Waals surface area contributed by atoms with Crippen LogP contribution in [0.5, 0.6) is 0 Å². The number of fused-ring (bicyclic) bond motifs is 1. The van der Waals surface area contributed by atoms with Gasteiger partial charge in [-0.3, -0.25) is 0 Å². The van der Waals surface area contributed by atoms with E-state index in [0.717, 1.165) is 24.1 Å². The van der Waals surface area contributed by atoms with E-state index in [2.05, 4.69) is 77.4 Å². The lowest BCUT2D eigenvalue weighted by Crippen LogP contribution is -2.27. The van der Waals surface area contributed by atoms with Gasteiger partial charge in [-0.05, 0) is 48.1 Å². The van der Waals surface area contributed by atoms with Gasteiger partial charge in [0.05, 0.1) is 17.4 Å². The van der Waals surface area contributed by atoms with Gasteiger partial charge in [0.25, 0.3) is 0 Å². The van der Waals surface area contributed by atoms with Crippen LogP contribution in [-0.2, 0) is 6.54 Å². The number of thioether (sulfide) groups is 1. The fraction of sp³-hybridized carbons (Fsp3) is 0.316. The Morgan fingerprint density at radius 2 is 1.91 bits per heavy atom. The first-order valence-corrected chi connectivity index (χ1v) is 9.19. The predicted octanol–water partition coefficient (Wildman–Crippen LogP) is 4.95. The normalized spacial score (nSPS) is 11.3. The van der Waals surface area contributed by atoms with Crippen LogP contribution in [0.25, 0.3) is 11.0 Å². The number of hydrogen-bond donors (Lipinski definition) is 1. The maximum atomic E-state index is 4.39. The largest absolute Gasteiger partial charge is 0.367 e. The van der Waals surface area contributed by atoms with Gasteiger partial charge in [0.1, 0.15) is 0 Å². The zero-order valence-corrected chi connectivity index (χ0v) is 14.7. The highest BCUT2D eigenvalue weighted by Gasteiger charge is 2.11. The molecule has 0 saturated carbocycles. The minimum absolute atomic E-state index is 0.607. The summed E-state index contributed by atoms with van der Waals surface area (Å²) in [6.07, 6.45) is 3.86. The predicted molar refractivity (Wildman–Crippen MR) is 100 cm³/mol. The first kappa shape index (κ1) is 15.9. The van der Waals surface area contributed by atoms with E-state index in [0.29, 0.717) is 5.92 Å². The molecule has 1 heterocycles. The summed E-state index contributed by atoms with van der Waals surface area (Å²) < 4.78 is 0. The van der Waals surface area contributed by atoms with Crippen molar-refractivity contribution in [1.82, 2.24) is 9.97 Å². The molecule has 0 aliphatic rings. The molecule has 0 bridgehead atoms. The Balaban J connectivity index is 1.86. The van der Waals surface area contributed by atoms with E-state index in [1.165, 1.54) is 16.1 Å². The lowest BCUT2D eigenvalue weighted by Gasteiger charge is -2.27. The zero-order valence-electron chi connectivity index (χ0n) is 13.9. The number of aromatic amines is 1. The molecule has 1 N–H and O–H groups in total. The number of benzene rings is 2. The Kier molecular flexibility index (Phi) is 4.91. The molecule has 3 rings (SSSR count). The van der Waals surface area contributed by atoms with Gasteiger partial charge in [0.2, 0.25) is 0 Å². The summed E-state index contributed by atoms with van der Waals surface area (Å²) >= 11 is 1.78. The number of aromatic nitrogens is 2. The van der Waals surface area contributed by atoms with Gasteiger partial charge in [-0.1, -0.05) is 26.0 Å². The molecule has 0 spiro atoms. The topological polar surface area (TPSA) is 31.9 Å². The molecule has 0 aliphatic heterocycles. The van der Waals surface area contributed by atoms with Crippen molar-refractivity contribution in [1.29, 1.82) is 0 Å². The van der Waals surface area contributed by atoms with Crippen molar-refractivity contribution in [2.75, 3.05) is 17.7 Å². The van der Waals surface area contributed by atoms with Crippen molar-refractivity contribution in [2.24, 2.45) is 5.92 Å². The van der Waals surface area contributed by atoms with Crippen molar-refractivity contribution in [2.45, 2.75) is 25.3 Å². The number of hydrogen-bond acceptors (Lipinski definition) is 3. The maximum absolute atomic E-state index is 4.39. The summed E-state index contributed by atoms with van der Waals surface area (Å²) in [5.74, 6) is 0.607. The smallest absolute Gasteiger partial charge is 0.0931 e. The van der Waals surface area contributed by atoms with Crippen molar-refractivity contribution < 1.29 is 0 Å². The van der Waals surface area contributed by atoms with E-state index in [1.54, 1.807) is 18.1 Å². The quantitative estimate of drug-likeness (QED) is 0.651. The molecular weight excluding hydrogens is 302 g/mol. The Hall–Kier alpha value is -1.94. The van der Waals surface area contributed by atoms with Crippen LogP contribution in [-0.4, -0.2) is 22.8 Å². The van der Waals surface area contributed by atoms with Gasteiger partial charge in [0.15, 0.2) is 0 Å². The van der Waals surface area contributed by atoms with Crippen molar-refractivity contribution in [3.63, 3.8) is 0 Å². The summed E-state index contributed by atoms with van der Waals surface area (Å²) in [5.41, 5.74) is 4.68. The first-order chi connectivity index (χ1) is 11.2. The third-order valence-corrected chi connectivity index (χ3v) is 4.63. The van der Waals surface area contributed by atoms with Gasteiger partial charge >= 0.3 is 0 Å². The molecule has 0 atom stereocenters. The summed E-state index contributed by atoms with van der Waals surface area (Å²) in [7, 11) is 0. The van der Waals surface area contributed by atoms with Gasteiger partial charge in [0, 0.05) is 23.7 Å². The Morgan fingerprint density at radius 3 is 2.61 bits per heavy atom. The number of anilines is 1. The van der Waals surface area contributed by atoms with Crippen molar-refractivity contribution in [3.05, 3.63) is 54.4 Å². The molecule has 2 aromatic carbocycles. The van der Waals surface area contributed by atoms with Gasteiger partial charge < -0.3 is 9.88 Å². The van der Waals surface area contributed by atoms with Crippen LogP contribution in [0.1, 0.15) is 19.4 Å². The third-order valence-electron chi connectivity index (χ3n) is 3.89. The van der Waals surface area contributed by atoms with Crippen LogP contribution in [0.2, 0.25) is 0 Å². The van der Waals surface area contributed by atoms with Crippen molar-refractivity contribution >= 4 is 28.5 Å². The van der Waals surface area contributed by atoms with Crippen LogP contribution in [0.4, 0.5) is 5.69 Å². The fourth-order valence-corrected chi connectivity index (χ4v) is 3.18. The Bertz CT molecular complexity index is 762. The second kappa shape index (κ2) is 7.09. The SMILES string of the molecule is CSc1ccc(CN(CC(C)C)c2ccc3[nH]cnc3c2)cc1. The zero-order chi connectivity index (χ0) is 16.2. The van der Waals surface area contributed by atoms with Crippen LogP contribution < -0.4 is 4.90 Å². The molecule has 0 saturated heterocycles. The van der Waals surface area contributed by atoms with E-state index in [9.17, 15) is 0 Å². The average Bonchev–Trinajstić information content (AvgIpc) is 3.02. The number of nitrogens with zero attached hydrogens (tertiary/aromatic N) is 2. The Morgan fingerprint density at radius 1 is 1.13 bits per heavy atom. The van der Waals surface area contributed by atoms with E-state index >= 15 is 0 Å². The number of rotatable bonds is 6. The molecule has 0 unspecified atom stereocenters. The summed E-state index contributed by atoms with van der Waals surface area (Å²) in [6.45, 7) is 6.47. The molecule has 23 heavy (non-hydrogen) atoms. The van der Waals surface area contributed by atoms with E-state index in [-0.39, 0.29) is 0 Å². The highest BCUT2D eigenvalue weighted by molar-refractivity contribution is 7.98. The van der Waals surface area contributed by atoms with Crippen LogP contribution in [0.3, 0.4) is 0 Å².